The van der Waals surface area contributed by atoms with Gasteiger partial charge >= 0.3 is 0 Å². The van der Waals surface area contributed by atoms with Crippen molar-refractivity contribution in [3.63, 3.8) is 0 Å². The molecule has 0 fully saturated rings. The van der Waals surface area contributed by atoms with E-state index in [2.05, 4.69) is 60.2 Å². The first kappa shape index (κ1) is 13.9. The van der Waals surface area contributed by atoms with Crippen molar-refractivity contribution < 1.29 is 0 Å². The summed E-state index contributed by atoms with van der Waals surface area (Å²) in [6.07, 6.45) is 2.26. The van der Waals surface area contributed by atoms with E-state index in [0.29, 0.717) is 0 Å². The molecule has 1 aliphatic heterocycles. The molecule has 1 heterocycles. The minimum absolute atomic E-state index is 0.106. The highest BCUT2D eigenvalue weighted by molar-refractivity contribution is 9.10. The maximum atomic E-state index is 4.84. The number of nitrogens with one attached hydrogen (secondary N) is 1. The van der Waals surface area contributed by atoms with Crippen molar-refractivity contribution in [2.75, 3.05) is 11.1 Å². The van der Waals surface area contributed by atoms with Crippen molar-refractivity contribution in [3.05, 3.63) is 28.2 Å². The SMILES string of the molecule is CCC1(C)CCSC(Nc2cc(C)cc(Br)c2)=N1. The van der Waals surface area contributed by atoms with Gasteiger partial charge in [-0.2, -0.15) is 0 Å². The summed E-state index contributed by atoms with van der Waals surface area (Å²) in [5.74, 6) is 1.14. The molecule has 0 saturated carbocycles. The van der Waals surface area contributed by atoms with E-state index >= 15 is 0 Å². The molecule has 0 saturated heterocycles. The average molecular weight is 327 g/mol. The Hall–Kier alpha value is -0.480. The zero-order valence-corrected chi connectivity index (χ0v) is 13.5. The van der Waals surface area contributed by atoms with E-state index in [1.54, 1.807) is 0 Å². The second-order valence-corrected chi connectivity index (χ2v) is 7.01. The van der Waals surface area contributed by atoms with Crippen LogP contribution in [0.2, 0.25) is 0 Å². The third kappa shape index (κ3) is 3.51. The van der Waals surface area contributed by atoms with Gasteiger partial charge in [0, 0.05) is 15.9 Å². The van der Waals surface area contributed by atoms with Gasteiger partial charge in [-0.05, 0) is 50.5 Å². The van der Waals surface area contributed by atoms with Crippen LogP contribution < -0.4 is 5.32 Å². The van der Waals surface area contributed by atoms with Crippen LogP contribution in [-0.2, 0) is 0 Å². The minimum Gasteiger partial charge on any atom is -0.335 e. The molecule has 1 atom stereocenters. The van der Waals surface area contributed by atoms with Crippen molar-refractivity contribution >= 4 is 38.5 Å². The summed E-state index contributed by atoms with van der Waals surface area (Å²) in [6.45, 7) is 6.54. The van der Waals surface area contributed by atoms with Crippen LogP contribution in [0.3, 0.4) is 0 Å². The zero-order valence-electron chi connectivity index (χ0n) is 11.1. The Labute approximate surface area is 122 Å². The molecule has 2 rings (SSSR count). The van der Waals surface area contributed by atoms with Gasteiger partial charge in [-0.1, -0.05) is 34.6 Å². The number of hydrogen-bond donors (Lipinski definition) is 1. The summed E-state index contributed by atoms with van der Waals surface area (Å²) >= 11 is 5.34. The Kier molecular flexibility index (Phi) is 4.38. The van der Waals surface area contributed by atoms with Crippen molar-refractivity contribution in [2.24, 2.45) is 4.99 Å². The van der Waals surface area contributed by atoms with Gasteiger partial charge in [0.05, 0.1) is 5.54 Å². The summed E-state index contributed by atoms with van der Waals surface area (Å²) in [6, 6.07) is 6.34. The number of anilines is 1. The summed E-state index contributed by atoms with van der Waals surface area (Å²) in [5.41, 5.74) is 2.45. The molecule has 1 aromatic carbocycles. The molecule has 1 unspecified atom stereocenters. The third-order valence-corrected chi connectivity index (χ3v) is 4.64. The molecule has 1 N–H and O–H groups in total. The van der Waals surface area contributed by atoms with Gasteiger partial charge in [0.2, 0.25) is 0 Å². The number of aliphatic imine (C=N–C) groups is 1. The maximum Gasteiger partial charge on any atom is 0.161 e. The monoisotopic (exact) mass is 326 g/mol. The van der Waals surface area contributed by atoms with E-state index in [1.165, 1.54) is 5.56 Å². The standard InChI is InChI=1S/C14H19BrN2S/c1-4-14(3)5-6-18-13(17-14)16-12-8-10(2)7-11(15)9-12/h7-9H,4-6H2,1-3H3,(H,16,17). The number of benzene rings is 1. The summed E-state index contributed by atoms with van der Waals surface area (Å²) < 4.78 is 1.10. The predicted octanol–water partition coefficient (Wildman–Crippen LogP) is 4.83. The van der Waals surface area contributed by atoms with Crippen LogP contribution in [0.4, 0.5) is 5.69 Å². The molecule has 0 aliphatic carbocycles. The predicted molar refractivity (Wildman–Crippen MR) is 85.7 cm³/mol. The van der Waals surface area contributed by atoms with Crippen LogP contribution in [-0.4, -0.2) is 16.5 Å². The van der Waals surface area contributed by atoms with Crippen LogP contribution in [0.25, 0.3) is 0 Å². The number of amidine groups is 1. The van der Waals surface area contributed by atoms with Crippen molar-refractivity contribution in [2.45, 2.75) is 39.2 Å². The highest BCUT2D eigenvalue weighted by Gasteiger charge is 2.25. The second kappa shape index (κ2) is 5.66. The Balaban J connectivity index is 2.18. The van der Waals surface area contributed by atoms with Gasteiger partial charge in [-0.25, -0.2) is 0 Å². The molecule has 4 heteroatoms. The van der Waals surface area contributed by atoms with Gasteiger partial charge < -0.3 is 5.32 Å². The molecule has 98 valence electrons. The second-order valence-electron chi connectivity index (χ2n) is 5.01. The van der Waals surface area contributed by atoms with E-state index < -0.39 is 0 Å². The molecular formula is C14H19BrN2S. The van der Waals surface area contributed by atoms with Crippen LogP contribution in [0, 0.1) is 6.92 Å². The smallest absolute Gasteiger partial charge is 0.161 e. The largest absolute Gasteiger partial charge is 0.335 e. The minimum atomic E-state index is 0.106. The van der Waals surface area contributed by atoms with E-state index in [-0.39, 0.29) is 5.54 Å². The van der Waals surface area contributed by atoms with Crippen LogP contribution in [0.1, 0.15) is 32.3 Å². The molecule has 2 nitrogen and oxygen atoms in total. The Morgan fingerprint density at radius 3 is 2.89 bits per heavy atom. The molecule has 0 amide bonds. The molecule has 0 bridgehead atoms. The van der Waals surface area contributed by atoms with Crippen LogP contribution in [0.5, 0.6) is 0 Å². The maximum absolute atomic E-state index is 4.84. The lowest BCUT2D eigenvalue weighted by Crippen LogP contribution is -2.29. The lowest BCUT2D eigenvalue weighted by Gasteiger charge is -2.29. The van der Waals surface area contributed by atoms with E-state index in [1.807, 2.05) is 11.8 Å². The Morgan fingerprint density at radius 2 is 2.22 bits per heavy atom. The number of halogens is 1. The first-order valence-corrected chi connectivity index (χ1v) is 8.05. The number of rotatable bonds is 2. The average Bonchev–Trinajstić information content (AvgIpc) is 2.27. The molecule has 1 aromatic rings. The zero-order chi connectivity index (χ0) is 13.2. The fourth-order valence-electron chi connectivity index (χ4n) is 1.95. The topological polar surface area (TPSA) is 24.4 Å². The highest BCUT2D eigenvalue weighted by Crippen LogP contribution is 2.30. The third-order valence-electron chi connectivity index (χ3n) is 3.31. The molecule has 1 aliphatic rings. The van der Waals surface area contributed by atoms with Gasteiger partial charge in [0.1, 0.15) is 0 Å². The Bertz CT molecular complexity index is 453. The number of aryl methyl sites for hydroxylation is 1. The first-order valence-electron chi connectivity index (χ1n) is 6.28. The first-order chi connectivity index (χ1) is 8.50. The number of nitrogens with zero attached hydrogens (tertiary/aromatic N) is 1. The lowest BCUT2D eigenvalue weighted by molar-refractivity contribution is 0.443. The molecule has 18 heavy (non-hydrogen) atoms. The number of hydrogen-bond acceptors (Lipinski definition) is 3. The van der Waals surface area contributed by atoms with Crippen molar-refractivity contribution in [1.82, 2.24) is 0 Å². The van der Waals surface area contributed by atoms with Crippen molar-refractivity contribution in [1.29, 1.82) is 0 Å². The summed E-state index contributed by atoms with van der Waals surface area (Å²) in [5, 5.41) is 4.48. The van der Waals surface area contributed by atoms with Gasteiger partial charge in [0.15, 0.2) is 5.17 Å². The van der Waals surface area contributed by atoms with E-state index in [9.17, 15) is 0 Å². The Morgan fingerprint density at radius 1 is 1.44 bits per heavy atom. The fraction of sp³-hybridized carbons (Fsp3) is 0.500. The molecule has 0 radical (unpaired) electrons. The quantitative estimate of drug-likeness (QED) is 0.841. The van der Waals surface area contributed by atoms with E-state index in [0.717, 1.165) is 33.9 Å². The number of thioether (sulfide) groups is 1. The van der Waals surface area contributed by atoms with Gasteiger partial charge in [0.25, 0.3) is 0 Å². The summed E-state index contributed by atoms with van der Waals surface area (Å²) in [4.78, 5) is 4.84. The van der Waals surface area contributed by atoms with Gasteiger partial charge in [-0.3, -0.25) is 4.99 Å². The van der Waals surface area contributed by atoms with Crippen LogP contribution >= 0.6 is 27.7 Å². The lowest BCUT2D eigenvalue weighted by atomic mass is 9.97. The van der Waals surface area contributed by atoms with E-state index in [4.69, 9.17) is 4.99 Å². The molecule has 0 spiro atoms. The van der Waals surface area contributed by atoms with Crippen LogP contribution in [0.15, 0.2) is 27.7 Å². The normalized spacial score (nSPS) is 23.7. The van der Waals surface area contributed by atoms with Crippen molar-refractivity contribution in [3.8, 4) is 0 Å². The fourth-order valence-corrected chi connectivity index (χ4v) is 3.77. The highest BCUT2D eigenvalue weighted by atomic mass is 79.9. The molecule has 0 aromatic heterocycles. The van der Waals surface area contributed by atoms with Gasteiger partial charge in [-0.15, -0.1) is 0 Å². The molecular weight excluding hydrogens is 308 g/mol. The summed E-state index contributed by atoms with van der Waals surface area (Å²) in [7, 11) is 0.